The number of nitrogens with two attached hydrogens (primary N) is 1. The smallest absolute Gasteiger partial charge is 0.282 e. The van der Waals surface area contributed by atoms with Crippen LogP contribution in [0, 0.1) is 10.1 Å². The van der Waals surface area contributed by atoms with Crippen molar-refractivity contribution in [3.05, 3.63) is 33.9 Å². The van der Waals surface area contributed by atoms with Gasteiger partial charge in [0.05, 0.1) is 11.0 Å². The lowest BCUT2D eigenvalue weighted by molar-refractivity contribution is -0.385. The highest BCUT2D eigenvalue weighted by Crippen LogP contribution is 2.38. The number of piperidine rings is 1. The first-order chi connectivity index (χ1) is 9.97. The van der Waals surface area contributed by atoms with Crippen molar-refractivity contribution in [3.63, 3.8) is 0 Å². The van der Waals surface area contributed by atoms with Crippen molar-refractivity contribution >= 4 is 17.3 Å². The number of benzene rings is 1. The quantitative estimate of drug-likeness (QED) is 0.485. The molecule has 0 spiro atoms. The summed E-state index contributed by atoms with van der Waals surface area (Å²) in [6.07, 6.45) is 2.37. The van der Waals surface area contributed by atoms with E-state index in [-0.39, 0.29) is 35.3 Å². The molecule has 7 heteroatoms. The topological polar surface area (TPSA) is 110 Å². The Balaban J connectivity index is 1.96. The number of amides is 1. The van der Waals surface area contributed by atoms with E-state index in [0.717, 1.165) is 12.8 Å². The van der Waals surface area contributed by atoms with Crippen LogP contribution in [-0.4, -0.2) is 39.0 Å². The second kappa shape index (κ2) is 5.00. The maximum atomic E-state index is 12.7. The second-order valence-corrected chi connectivity index (χ2v) is 5.76. The molecule has 3 N–H and O–H groups in total. The number of carbonyl (C=O) groups excluding carboxylic acids is 1. The zero-order chi connectivity index (χ0) is 15.1. The summed E-state index contributed by atoms with van der Waals surface area (Å²) in [5, 5.41) is 20.9. The van der Waals surface area contributed by atoms with E-state index in [0.29, 0.717) is 18.5 Å². The molecule has 2 aliphatic rings. The fourth-order valence-electron chi connectivity index (χ4n) is 3.50. The van der Waals surface area contributed by atoms with Crippen LogP contribution in [0.15, 0.2) is 18.2 Å². The number of hydrogen-bond donors (Lipinski definition) is 2. The van der Waals surface area contributed by atoms with Gasteiger partial charge in [-0.25, -0.2) is 0 Å². The number of rotatable bonds is 2. The molecule has 0 aromatic heterocycles. The molecule has 1 amide bonds. The van der Waals surface area contributed by atoms with Crippen LogP contribution >= 0.6 is 0 Å². The summed E-state index contributed by atoms with van der Waals surface area (Å²) in [6.45, 7) is 0. The second-order valence-electron chi connectivity index (χ2n) is 5.76. The Kier molecular flexibility index (Phi) is 3.29. The average Bonchev–Trinajstić information content (AvgIpc) is 2.69. The molecule has 1 aromatic carbocycles. The number of nitro groups is 1. The molecular formula is C14H17N3O4. The molecule has 1 aromatic rings. The lowest BCUT2D eigenvalue weighted by atomic mass is 9.98. The molecule has 0 radical (unpaired) electrons. The molecular weight excluding hydrogens is 274 g/mol. The molecule has 2 bridgehead atoms. The van der Waals surface area contributed by atoms with E-state index in [1.807, 2.05) is 0 Å². The number of carbonyl (C=O) groups is 1. The van der Waals surface area contributed by atoms with E-state index in [4.69, 9.17) is 5.73 Å². The summed E-state index contributed by atoms with van der Waals surface area (Å²) in [5.41, 5.74) is 5.81. The highest BCUT2D eigenvalue weighted by molar-refractivity contribution is 5.99. The highest BCUT2D eigenvalue weighted by atomic mass is 16.6. The zero-order valence-electron chi connectivity index (χ0n) is 11.4. The van der Waals surface area contributed by atoms with Crippen LogP contribution in [0.25, 0.3) is 0 Å². The first-order valence-corrected chi connectivity index (χ1v) is 7.02. The van der Waals surface area contributed by atoms with Crippen LogP contribution in [-0.2, 0) is 0 Å². The molecule has 2 aliphatic heterocycles. The molecule has 2 atom stereocenters. The van der Waals surface area contributed by atoms with E-state index in [1.165, 1.54) is 18.2 Å². The molecule has 2 saturated heterocycles. The lowest BCUT2D eigenvalue weighted by Crippen LogP contribution is -2.48. The van der Waals surface area contributed by atoms with Crippen molar-refractivity contribution in [2.24, 2.45) is 0 Å². The number of nitrogen functional groups attached to an aromatic ring is 1. The minimum atomic E-state index is -0.562. The Bertz CT molecular complexity index is 590. The summed E-state index contributed by atoms with van der Waals surface area (Å²) in [4.78, 5) is 25.0. The predicted molar refractivity (Wildman–Crippen MR) is 75.7 cm³/mol. The van der Waals surface area contributed by atoms with E-state index >= 15 is 0 Å². The zero-order valence-corrected chi connectivity index (χ0v) is 11.4. The van der Waals surface area contributed by atoms with Crippen LogP contribution in [0.2, 0.25) is 0 Å². The molecule has 7 nitrogen and oxygen atoms in total. The van der Waals surface area contributed by atoms with Crippen LogP contribution in [0.3, 0.4) is 0 Å². The average molecular weight is 291 g/mol. The van der Waals surface area contributed by atoms with Gasteiger partial charge in [0.2, 0.25) is 0 Å². The number of fused-ring (bicyclic) bond motifs is 2. The number of anilines is 1. The summed E-state index contributed by atoms with van der Waals surface area (Å²) in [7, 11) is 0. The Labute approximate surface area is 121 Å². The normalized spacial score (nSPS) is 27.7. The lowest BCUT2D eigenvalue weighted by Gasteiger charge is -2.37. The molecule has 3 rings (SSSR count). The number of nitro benzene ring substituents is 1. The minimum Gasteiger partial charge on any atom is -0.399 e. The van der Waals surface area contributed by atoms with Gasteiger partial charge in [0.25, 0.3) is 11.6 Å². The summed E-state index contributed by atoms with van der Waals surface area (Å²) < 4.78 is 0. The van der Waals surface area contributed by atoms with Crippen LogP contribution in [0.4, 0.5) is 11.4 Å². The largest absolute Gasteiger partial charge is 0.399 e. The fourth-order valence-corrected chi connectivity index (χ4v) is 3.50. The monoisotopic (exact) mass is 291 g/mol. The van der Waals surface area contributed by atoms with Gasteiger partial charge in [-0.2, -0.15) is 0 Å². The highest BCUT2D eigenvalue weighted by Gasteiger charge is 2.44. The molecule has 2 fully saturated rings. The molecule has 2 heterocycles. The Morgan fingerprint density at radius 3 is 2.52 bits per heavy atom. The fraction of sp³-hybridized carbons (Fsp3) is 0.500. The van der Waals surface area contributed by atoms with Crippen molar-refractivity contribution in [2.45, 2.75) is 43.9 Å². The third kappa shape index (κ3) is 2.33. The van der Waals surface area contributed by atoms with Crippen molar-refractivity contribution in [3.8, 4) is 0 Å². The third-order valence-corrected chi connectivity index (χ3v) is 4.39. The number of aliphatic hydroxyl groups is 1. The number of aliphatic hydroxyl groups excluding tert-OH is 1. The van der Waals surface area contributed by atoms with Gasteiger partial charge in [-0.1, -0.05) is 0 Å². The molecule has 0 saturated carbocycles. The Hall–Kier alpha value is -2.15. The van der Waals surface area contributed by atoms with Gasteiger partial charge in [0.1, 0.15) is 5.56 Å². The van der Waals surface area contributed by atoms with Gasteiger partial charge in [-0.15, -0.1) is 0 Å². The standard InChI is InChI=1S/C14H17N3O4/c15-8-1-4-13(17(20)21)12(5-8)14(19)16-9-2-3-10(16)7-11(18)6-9/h1,4-5,9-11,18H,2-3,6-7,15H2. The van der Waals surface area contributed by atoms with Gasteiger partial charge >= 0.3 is 0 Å². The SMILES string of the molecule is Nc1ccc([N+](=O)[O-])c(C(=O)N2C3CCC2CC(O)C3)c1. The molecule has 21 heavy (non-hydrogen) atoms. The summed E-state index contributed by atoms with van der Waals surface area (Å²) in [5.74, 6) is -0.353. The van der Waals surface area contributed by atoms with Gasteiger partial charge in [0.15, 0.2) is 0 Å². The maximum Gasteiger partial charge on any atom is 0.282 e. The predicted octanol–water partition coefficient (Wildman–Crippen LogP) is 1.30. The third-order valence-electron chi connectivity index (χ3n) is 4.39. The van der Waals surface area contributed by atoms with Crippen LogP contribution < -0.4 is 5.73 Å². The van der Waals surface area contributed by atoms with E-state index < -0.39 is 4.92 Å². The van der Waals surface area contributed by atoms with Gasteiger partial charge < -0.3 is 15.7 Å². The van der Waals surface area contributed by atoms with Crippen molar-refractivity contribution in [1.82, 2.24) is 4.90 Å². The van der Waals surface area contributed by atoms with Crippen molar-refractivity contribution in [2.75, 3.05) is 5.73 Å². The molecule has 112 valence electrons. The van der Waals surface area contributed by atoms with E-state index in [2.05, 4.69) is 0 Å². The number of nitrogens with zero attached hydrogens (tertiary/aromatic N) is 2. The first kappa shape index (κ1) is 13.8. The number of hydrogen-bond acceptors (Lipinski definition) is 5. The van der Waals surface area contributed by atoms with Crippen molar-refractivity contribution in [1.29, 1.82) is 0 Å². The first-order valence-electron chi connectivity index (χ1n) is 7.02. The van der Waals surface area contributed by atoms with Gasteiger partial charge in [0, 0.05) is 23.8 Å². The van der Waals surface area contributed by atoms with E-state index in [1.54, 1.807) is 4.90 Å². The summed E-state index contributed by atoms with van der Waals surface area (Å²) >= 11 is 0. The maximum absolute atomic E-state index is 12.7. The Morgan fingerprint density at radius 1 is 1.33 bits per heavy atom. The van der Waals surface area contributed by atoms with E-state index in [9.17, 15) is 20.0 Å². The van der Waals surface area contributed by atoms with Crippen LogP contribution in [0.5, 0.6) is 0 Å². The van der Waals surface area contributed by atoms with Crippen LogP contribution in [0.1, 0.15) is 36.0 Å². The molecule has 2 unspecified atom stereocenters. The molecule has 0 aliphatic carbocycles. The van der Waals surface area contributed by atoms with Gasteiger partial charge in [-0.3, -0.25) is 14.9 Å². The summed E-state index contributed by atoms with van der Waals surface area (Å²) in [6, 6.07) is 3.98. The Morgan fingerprint density at radius 2 is 1.95 bits per heavy atom. The van der Waals surface area contributed by atoms with Crippen molar-refractivity contribution < 1.29 is 14.8 Å². The minimum absolute atomic E-state index is 0.0349. The van der Waals surface area contributed by atoms with Gasteiger partial charge in [-0.05, 0) is 37.8 Å².